The fourth-order valence-corrected chi connectivity index (χ4v) is 3.71. The third-order valence-electron chi connectivity index (χ3n) is 4.84. The Labute approximate surface area is 121 Å². The van der Waals surface area contributed by atoms with Crippen LogP contribution in [0.15, 0.2) is 6.20 Å². The van der Waals surface area contributed by atoms with Crippen molar-refractivity contribution in [2.24, 2.45) is 11.7 Å². The summed E-state index contributed by atoms with van der Waals surface area (Å²) in [6, 6.07) is 0.435. The molecule has 4 heteroatoms. The lowest BCUT2D eigenvalue weighted by atomic mass is 9.85. The minimum Gasteiger partial charge on any atom is -0.337 e. The number of aryl methyl sites for hydroxylation is 1. The van der Waals surface area contributed by atoms with Crippen molar-refractivity contribution in [3.63, 3.8) is 0 Å². The van der Waals surface area contributed by atoms with Gasteiger partial charge in [-0.25, -0.2) is 9.97 Å². The van der Waals surface area contributed by atoms with Gasteiger partial charge in [0, 0.05) is 31.0 Å². The summed E-state index contributed by atoms with van der Waals surface area (Å²) in [7, 11) is 0. The Morgan fingerprint density at radius 3 is 3.10 bits per heavy atom. The highest BCUT2D eigenvalue weighted by Gasteiger charge is 2.27. The van der Waals surface area contributed by atoms with E-state index >= 15 is 0 Å². The molecule has 0 spiro atoms. The second-order valence-electron chi connectivity index (χ2n) is 6.26. The molecule has 1 fully saturated rings. The first-order valence-corrected chi connectivity index (χ1v) is 8.13. The van der Waals surface area contributed by atoms with Crippen LogP contribution in [0.1, 0.15) is 50.3 Å². The Bertz CT molecular complexity index is 460. The molecule has 0 saturated carbocycles. The van der Waals surface area contributed by atoms with Crippen LogP contribution in [0, 0.1) is 5.92 Å². The zero-order valence-electron chi connectivity index (χ0n) is 12.5. The van der Waals surface area contributed by atoms with Gasteiger partial charge in [0.05, 0.1) is 0 Å². The third-order valence-corrected chi connectivity index (χ3v) is 4.84. The SMILES string of the molecule is CCCC1CCc2nc(N3CCCC3CN)ncc2C1. The van der Waals surface area contributed by atoms with Gasteiger partial charge in [0.2, 0.25) is 5.95 Å². The topological polar surface area (TPSA) is 55.0 Å². The van der Waals surface area contributed by atoms with Crippen molar-refractivity contribution in [3.05, 3.63) is 17.5 Å². The Kier molecular flexibility index (Phi) is 4.20. The largest absolute Gasteiger partial charge is 0.337 e. The van der Waals surface area contributed by atoms with Gasteiger partial charge >= 0.3 is 0 Å². The van der Waals surface area contributed by atoms with E-state index in [-0.39, 0.29) is 0 Å². The van der Waals surface area contributed by atoms with E-state index in [9.17, 15) is 0 Å². The third kappa shape index (κ3) is 2.66. The first kappa shape index (κ1) is 13.8. The molecule has 2 N–H and O–H groups in total. The molecule has 1 aromatic heterocycles. The molecule has 0 aromatic carbocycles. The number of hydrogen-bond acceptors (Lipinski definition) is 4. The first-order valence-electron chi connectivity index (χ1n) is 8.13. The van der Waals surface area contributed by atoms with E-state index in [1.807, 2.05) is 0 Å². The van der Waals surface area contributed by atoms with Crippen molar-refractivity contribution in [2.45, 2.75) is 57.9 Å². The van der Waals surface area contributed by atoms with Gasteiger partial charge in [0.1, 0.15) is 0 Å². The number of anilines is 1. The Hall–Kier alpha value is -1.16. The zero-order valence-corrected chi connectivity index (χ0v) is 12.5. The molecule has 2 atom stereocenters. The molecule has 1 aliphatic carbocycles. The Morgan fingerprint density at radius 1 is 1.40 bits per heavy atom. The van der Waals surface area contributed by atoms with Gasteiger partial charge < -0.3 is 10.6 Å². The normalized spacial score (nSPS) is 25.8. The van der Waals surface area contributed by atoms with Gasteiger partial charge in [-0.3, -0.25) is 0 Å². The van der Waals surface area contributed by atoms with Crippen LogP contribution in [0.4, 0.5) is 5.95 Å². The number of nitrogens with zero attached hydrogens (tertiary/aromatic N) is 3. The van der Waals surface area contributed by atoms with Gasteiger partial charge in [0.25, 0.3) is 0 Å². The number of fused-ring (bicyclic) bond motifs is 1. The summed E-state index contributed by atoms with van der Waals surface area (Å²) in [4.78, 5) is 11.8. The van der Waals surface area contributed by atoms with Gasteiger partial charge in [-0.15, -0.1) is 0 Å². The summed E-state index contributed by atoms with van der Waals surface area (Å²) in [6.45, 7) is 4.04. The highest BCUT2D eigenvalue weighted by atomic mass is 15.3. The molecule has 2 aliphatic rings. The highest BCUT2D eigenvalue weighted by molar-refractivity contribution is 5.37. The van der Waals surface area contributed by atoms with Crippen molar-refractivity contribution in [1.29, 1.82) is 0 Å². The van der Waals surface area contributed by atoms with Crippen molar-refractivity contribution in [2.75, 3.05) is 18.0 Å². The number of nitrogens with two attached hydrogens (primary N) is 1. The Balaban J connectivity index is 1.77. The molecular weight excluding hydrogens is 248 g/mol. The highest BCUT2D eigenvalue weighted by Crippen LogP contribution is 2.29. The molecule has 0 radical (unpaired) electrons. The van der Waals surface area contributed by atoms with Gasteiger partial charge in [0.15, 0.2) is 0 Å². The van der Waals surface area contributed by atoms with Crippen LogP contribution in [0.5, 0.6) is 0 Å². The molecule has 0 amide bonds. The van der Waals surface area contributed by atoms with Crippen LogP contribution < -0.4 is 10.6 Å². The van der Waals surface area contributed by atoms with Crippen molar-refractivity contribution in [3.8, 4) is 0 Å². The summed E-state index contributed by atoms with van der Waals surface area (Å²) in [5.41, 5.74) is 8.51. The maximum absolute atomic E-state index is 5.85. The fourth-order valence-electron chi connectivity index (χ4n) is 3.71. The average molecular weight is 274 g/mol. The van der Waals surface area contributed by atoms with Crippen LogP contribution >= 0.6 is 0 Å². The quantitative estimate of drug-likeness (QED) is 0.915. The number of aromatic nitrogens is 2. The molecule has 1 aliphatic heterocycles. The average Bonchev–Trinajstić information content (AvgIpc) is 2.95. The summed E-state index contributed by atoms with van der Waals surface area (Å²) < 4.78 is 0. The second kappa shape index (κ2) is 6.08. The van der Waals surface area contributed by atoms with E-state index < -0.39 is 0 Å². The molecule has 20 heavy (non-hydrogen) atoms. The predicted octanol–water partition coefficient (Wildman–Crippen LogP) is 2.31. The summed E-state index contributed by atoms with van der Waals surface area (Å²) in [5.74, 6) is 1.75. The van der Waals surface area contributed by atoms with Gasteiger partial charge in [-0.1, -0.05) is 19.8 Å². The molecule has 110 valence electrons. The van der Waals surface area contributed by atoms with Crippen LogP contribution in [-0.4, -0.2) is 29.1 Å². The molecule has 1 saturated heterocycles. The van der Waals surface area contributed by atoms with E-state index in [1.54, 1.807) is 0 Å². The van der Waals surface area contributed by atoms with E-state index in [4.69, 9.17) is 10.7 Å². The molecule has 2 heterocycles. The molecule has 0 bridgehead atoms. The monoisotopic (exact) mass is 274 g/mol. The van der Waals surface area contributed by atoms with Crippen molar-refractivity contribution < 1.29 is 0 Å². The molecule has 3 rings (SSSR count). The van der Waals surface area contributed by atoms with Gasteiger partial charge in [-0.2, -0.15) is 0 Å². The maximum atomic E-state index is 5.85. The van der Waals surface area contributed by atoms with E-state index in [0.717, 1.165) is 24.8 Å². The standard InChI is InChI=1S/C16H26N4/c1-2-4-12-6-7-15-13(9-12)11-18-16(19-15)20-8-3-5-14(20)10-17/h11-12,14H,2-10,17H2,1H3. The predicted molar refractivity (Wildman–Crippen MR) is 81.9 cm³/mol. The molecule has 2 unspecified atom stereocenters. The van der Waals surface area contributed by atoms with E-state index in [1.165, 1.54) is 49.8 Å². The van der Waals surface area contributed by atoms with Crippen molar-refractivity contribution >= 4 is 5.95 Å². The van der Waals surface area contributed by atoms with Gasteiger partial charge in [-0.05, 0) is 43.6 Å². The first-order chi connectivity index (χ1) is 9.81. The fraction of sp³-hybridized carbons (Fsp3) is 0.750. The lowest BCUT2D eigenvalue weighted by Gasteiger charge is -2.27. The lowest BCUT2D eigenvalue weighted by molar-refractivity contribution is 0.417. The smallest absolute Gasteiger partial charge is 0.225 e. The van der Waals surface area contributed by atoms with Crippen LogP contribution in [0.3, 0.4) is 0 Å². The molecular formula is C16H26N4. The lowest BCUT2D eigenvalue weighted by Crippen LogP contribution is -2.36. The van der Waals surface area contributed by atoms with Crippen LogP contribution in [0.2, 0.25) is 0 Å². The summed E-state index contributed by atoms with van der Waals surface area (Å²) in [6.07, 6.45) is 10.7. The van der Waals surface area contributed by atoms with Crippen molar-refractivity contribution in [1.82, 2.24) is 9.97 Å². The van der Waals surface area contributed by atoms with Crippen LogP contribution in [-0.2, 0) is 12.8 Å². The second-order valence-corrected chi connectivity index (χ2v) is 6.26. The molecule has 4 nitrogen and oxygen atoms in total. The number of rotatable bonds is 4. The summed E-state index contributed by atoms with van der Waals surface area (Å²) in [5, 5.41) is 0. The number of hydrogen-bond donors (Lipinski definition) is 1. The minimum atomic E-state index is 0.435. The maximum Gasteiger partial charge on any atom is 0.225 e. The summed E-state index contributed by atoms with van der Waals surface area (Å²) >= 11 is 0. The minimum absolute atomic E-state index is 0.435. The zero-order chi connectivity index (χ0) is 13.9. The van der Waals surface area contributed by atoms with E-state index in [0.29, 0.717) is 12.6 Å². The molecule has 1 aromatic rings. The van der Waals surface area contributed by atoms with Crippen LogP contribution in [0.25, 0.3) is 0 Å². The van der Waals surface area contributed by atoms with E-state index in [2.05, 4.69) is 23.0 Å². The Morgan fingerprint density at radius 2 is 2.30 bits per heavy atom.